The molecule has 2 aromatic rings. The normalized spacial score (nSPS) is 19.9. The summed E-state index contributed by atoms with van der Waals surface area (Å²) >= 11 is 5.92. The van der Waals surface area contributed by atoms with E-state index in [0.717, 1.165) is 18.8 Å². The Morgan fingerprint density at radius 1 is 1.26 bits per heavy atom. The Hall–Kier alpha value is -2.67. The second-order valence-corrected chi connectivity index (χ2v) is 10.7. The molecule has 2 aromatic heterocycles. The third-order valence-corrected chi connectivity index (χ3v) is 7.58. The zero-order valence-electron chi connectivity index (χ0n) is 22.1. The maximum atomic E-state index is 13.0. The lowest BCUT2D eigenvalue weighted by molar-refractivity contribution is -0.138. The van der Waals surface area contributed by atoms with E-state index in [1.807, 2.05) is 6.92 Å². The summed E-state index contributed by atoms with van der Waals surface area (Å²) in [4.78, 5) is 17.3. The van der Waals surface area contributed by atoms with Crippen LogP contribution in [0.3, 0.4) is 0 Å². The number of halogens is 4. The van der Waals surface area contributed by atoms with Gasteiger partial charge in [0.1, 0.15) is 11.6 Å². The van der Waals surface area contributed by atoms with Crippen molar-refractivity contribution in [3.63, 3.8) is 0 Å². The molecule has 0 aromatic carbocycles. The van der Waals surface area contributed by atoms with E-state index in [0.29, 0.717) is 48.9 Å². The zero-order chi connectivity index (χ0) is 28.8. The fourth-order valence-corrected chi connectivity index (χ4v) is 5.25. The lowest BCUT2D eigenvalue weighted by Gasteiger charge is -2.26. The molecule has 2 aliphatic rings. The summed E-state index contributed by atoms with van der Waals surface area (Å²) < 4.78 is 62.6. The maximum absolute atomic E-state index is 13.0. The number of methoxy groups -OCH3 is 1. The monoisotopic (exact) mass is 591 g/mol. The highest BCUT2D eigenvalue weighted by molar-refractivity contribution is 7.51. The first-order chi connectivity index (χ1) is 18.5. The van der Waals surface area contributed by atoms with Crippen molar-refractivity contribution in [2.75, 3.05) is 19.0 Å². The van der Waals surface area contributed by atoms with E-state index in [1.165, 1.54) is 26.1 Å². The molecule has 0 aliphatic heterocycles. The van der Waals surface area contributed by atoms with Gasteiger partial charge >= 0.3 is 17.7 Å². The predicted octanol–water partition coefficient (Wildman–Crippen LogP) is 5.41. The third kappa shape index (κ3) is 8.17. The van der Waals surface area contributed by atoms with E-state index >= 15 is 0 Å². The topological polar surface area (TPSA) is 115 Å². The number of hydrogen-bond donors (Lipinski definition) is 2. The molecular formula is C25H33ClF3N5O4S. The first-order valence-electron chi connectivity index (χ1n) is 12.8. The number of aryl methyl sites for hydroxylation is 1. The van der Waals surface area contributed by atoms with E-state index in [1.54, 1.807) is 10.7 Å². The van der Waals surface area contributed by atoms with Crippen LogP contribution in [0.15, 0.2) is 12.3 Å². The highest BCUT2D eigenvalue weighted by Crippen LogP contribution is 2.47. The highest BCUT2D eigenvalue weighted by atomic mass is 35.5. The maximum Gasteiger partial charge on any atom is 0.391 e. The molecule has 2 aliphatic carbocycles. The molecular weight excluding hydrogens is 559 g/mol. The van der Waals surface area contributed by atoms with Gasteiger partial charge in [-0.1, -0.05) is 31.4 Å². The summed E-state index contributed by atoms with van der Waals surface area (Å²) in [5.74, 6) is 1.51. The molecule has 2 fully saturated rings. The minimum absolute atomic E-state index is 0.129. The molecule has 2 heterocycles. The molecule has 0 bridgehead atoms. The smallest absolute Gasteiger partial charge is 0.391 e. The fourth-order valence-electron chi connectivity index (χ4n) is 4.93. The lowest BCUT2D eigenvalue weighted by Crippen LogP contribution is -2.31. The minimum atomic E-state index is -4.26. The predicted molar refractivity (Wildman–Crippen MR) is 141 cm³/mol. The van der Waals surface area contributed by atoms with E-state index in [-0.39, 0.29) is 22.4 Å². The van der Waals surface area contributed by atoms with Gasteiger partial charge in [0, 0.05) is 30.9 Å². The molecule has 0 unspecified atom stereocenters. The van der Waals surface area contributed by atoms with Gasteiger partial charge in [0.2, 0.25) is 0 Å². The highest BCUT2D eigenvalue weighted by Gasteiger charge is 2.51. The van der Waals surface area contributed by atoms with Crippen LogP contribution in [0.5, 0.6) is 5.75 Å². The molecule has 14 heteroatoms. The van der Waals surface area contributed by atoms with Crippen LogP contribution in [0, 0.1) is 11.8 Å². The van der Waals surface area contributed by atoms with Crippen molar-refractivity contribution in [3.8, 4) is 17.0 Å². The van der Waals surface area contributed by atoms with Crippen molar-refractivity contribution in [3.05, 3.63) is 23.0 Å². The van der Waals surface area contributed by atoms with Gasteiger partial charge in [-0.3, -0.25) is 9.48 Å². The average molecular weight is 592 g/mol. The Bertz CT molecular complexity index is 1190. The molecule has 0 spiro atoms. The number of rotatable bonds is 9. The van der Waals surface area contributed by atoms with Crippen molar-refractivity contribution in [2.24, 2.45) is 11.8 Å². The molecule has 39 heavy (non-hydrogen) atoms. The minimum Gasteiger partial charge on any atom is -0.496 e. The van der Waals surface area contributed by atoms with Crippen molar-refractivity contribution >= 4 is 34.9 Å². The Kier molecular flexibility index (Phi) is 10.4. The molecule has 2 saturated carbocycles. The summed E-state index contributed by atoms with van der Waals surface area (Å²) in [5.41, 5.74) is 0.0815. The largest absolute Gasteiger partial charge is 0.496 e. The number of amides is 1. The molecule has 0 atom stereocenters. The number of nitrogens with one attached hydrogen (secondary N) is 2. The van der Waals surface area contributed by atoms with E-state index in [4.69, 9.17) is 24.8 Å². The average Bonchev–Trinajstić information content (AvgIpc) is 3.53. The molecule has 0 saturated heterocycles. The van der Waals surface area contributed by atoms with Gasteiger partial charge < -0.3 is 15.4 Å². The Labute approximate surface area is 233 Å². The number of carbonyl (C=O) groups excluding carboxylic acids is 1. The van der Waals surface area contributed by atoms with E-state index in [2.05, 4.69) is 27.6 Å². The Morgan fingerprint density at radius 2 is 1.90 bits per heavy atom. The standard InChI is InChI=1S/C25H33ClF3N5O2.O2S/c1-4-34-22(20(26)21(33-34)23(35)31-12-16-7-5-15(2)6-8-16)17-13-30-19(11-18(17)36-3)32-24(9-10-24)14-25(27,28)29;1-3-2/h11,13,15-16H,4-10,12,14H2,1-3H3,(H,30,32)(H,31,35);. The molecule has 2 N–H and O–H groups in total. The van der Waals surface area contributed by atoms with Crippen LogP contribution >= 0.6 is 11.6 Å². The van der Waals surface area contributed by atoms with E-state index < -0.39 is 29.7 Å². The zero-order valence-corrected chi connectivity index (χ0v) is 23.6. The van der Waals surface area contributed by atoms with Crippen LogP contribution in [-0.2, 0) is 18.1 Å². The van der Waals surface area contributed by atoms with Crippen LogP contribution in [0.1, 0.15) is 69.3 Å². The van der Waals surface area contributed by atoms with Crippen molar-refractivity contribution in [2.45, 2.75) is 77.1 Å². The fraction of sp³-hybridized carbons (Fsp3) is 0.640. The SMILES string of the molecule is CCn1nc(C(=O)NCC2CCC(C)CC2)c(Cl)c1-c1cnc(NC2(CC(F)(F)F)CC2)cc1OC.O=S=O. The number of pyridine rings is 1. The molecule has 9 nitrogen and oxygen atoms in total. The number of alkyl halides is 3. The first kappa shape index (κ1) is 30.9. The van der Waals surface area contributed by atoms with E-state index in [9.17, 15) is 18.0 Å². The number of aromatic nitrogens is 3. The van der Waals surface area contributed by atoms with Gasteiger partial charge in [0.25, 0.3) is 5.91 Å². The third-order valence-electron chi connectivity index (χ3n) is 7.22. The lowest BCUT2D eigenvalue weighted by atomic mass is 9.83. The van der Waals surface area contributed by atoms with Crippen LogP contribution in [0.2, 0.25) is 5.02 Å². The van der Waals surface area contributed by atoms with Crippen molar-refractivity contribution < 1.29 is 31.1 Å². The van der Waals surface area contributed by atoms with Gasteiger partial charge in [-0.05, 0) is 44.4 Å². The number of ether oxygens (including phenoxy) is 1. The summed E-state index contributed by atoms with van der Waals surface area (Å²) in [5, 5.41) is 10.5. The van der Waals surface area contributed by atoms with Gasteiger partial charge in [-0.25, -0.2) is 4.98 Å². The molecule has 0 radical (unpaired) electrons. The van der Waals surface area contributed by atoms with Gasteiger partial charge in [0.05, 0.1) is 29.8 Å². The van der Waals surface area contributed by atoms with Gasteiger partial charge in [-0.15, -0.1) is 0 Å². The molecule has 4 rings (SSSR count). The summed E-state index contributed by atoms with van der Waals surface area (Å²) in [6, 6.07) is 1.55. The van der Waals surface area contributed by atoms with Crippen molar-refractivity contribution in [1.82, 2.24) is 20.1 Å². The summed E-state index contributed by atoms with van der Waals surface area (Å²) in [7, 11) is 1.46. The summed E-state index contributed by atoms with van der Waals surface area (Å²) in [6.45, 7) is 5.16. The number of hydrogen-bond acceptors (Lipinski definition) is 7. The first-order valence-corrected chi connectivity index (χ1v) is 13.9. The van der Waals surface area contributed by atoms with Gasteiger partial charge in [-0.2, -0.15) is 26.7 Å². The Morgan fingerprint density at radius 3 is 2.44 bits per heavy atom. The molecule has 216 valence electrons. The molecule has 1 amide bonds. The summed E-state index contributed by atoms with van der Waals surface area (Å²) in [6.07, 6.45) is 1.69. The number of anilines is 1. The van der Waals surface area contributed by atoms with Crippen LogP contribution in [0.4, 0.5) is 19.0 Å². The Balaban J connectivity index is 0.00000134. The second-order valence-electron chi connectivity index (χ2n) is 10.2. The quantitative estimate of drug-likeness (QED) is 0.401. The van der Waals surface area contributed by atoms with Gasteiger partial charge in [0.15, 0.2) is 5.69 Å². The van der Waals surface area contributed by atoms with Crippen LogP contribution in [-0.4, -0.2) is 54.5 Å². The number of carbonyl (C=O) groups is 1. The van der Waals surface area contributed by atoms with Crippen LogP contribution < -0.4 is 15.4 Å². The number of nitrogens with zero attached hydrogens (tertiary/aromatic N) is 3. The van der Waals surface area contributed by atoms with Crippen molar-refractivity contribution in [1.29, 1.82) is 0 Å². The van der Waals surface area contributed by atoms with Crippen LogP contribution in [0.25, 0.3) is 11.3 Å². The second kappa shape index (κ2) is 13.1.